The summed E-state index contributed by atoms with van der Waals surface area (Å²) in [4.78, 5) is 0. The summed E-state index contributed by atoms with van der Waals surface area (Å²) in [7, 11) is 0. The minimum Gasteiger partial charge on any atom is -0.309 e. The Morgan fingerprint density at radius 3 is 1.63 bits per heavy atom. The van der Waals surface area contributed by atoms with Gasteiger partial charge in [0.2, 0.25) is 0 Å². The van der Waals surface area contributed by atoms with Crippen LogP contribution in [0.4, 0.5) is 0 Å². The van der Waals surface area contributed by atoms with Gasteiger partial charge in [0, 0.05) is 21.9 Å². The first kappa shape index (κ1) is 30.9. The van der Waals surface area contributed by atoms with Gasteiger partial charge in [-0.3, -0.25) is 0 Å². The van der Waals surface area contributed by atoms with Crippen molar-refractivity contribution in [2.45, 2.75) is 19.3 Å². The second kappa shape index (κ2) is 11.7. The first-order valence-electron chi connectivity index (χ1n) is 18.9. The molecule has 0 aliphatic heterocycles. The van der Waals surface area contributed by atoms with Gasteiger partial charge in [0.25, 0.3) is 0 Å². The van der Waals surface area contributed by atoms with Crippen molar-refractivity contribution >= 4 is 43.4 Å². The maximum atomic E-state index is 2.49. The molecule has 1 heterocycles. The third-order valence-electron chi connectivity index (χ3n) is 11.9. The lowest BCUT2D eigenvalue weighted by molar-refractivity contribution is 0.661. The molecule has 1 aliphatic carbocycles. The maximum absolute atomic E-state index is 2.49. The molecule has 254 valence electrons. The van der Waals surface area contributed by atoms with Gasteiger partial charge in [0.15, 0.2) is 0 Å². The SMILES string of the molecule is CC1(C)c2ccccc2-c2cc3c4ccccc4n(-c4ccc5ccc6ccc(-c7cc(-c8ccccc8)cc(-c8ccccc8)c7)cc6c5c4)c3cc21. The first-order chi connectivity index (χ1) is 26.5. The summed E-state index contributed by atoms with van der Waals surface area (Å²) < 4.78 is 2.49. The zero-order chi connectivity index (χ0) is 36.0. The minimum atomic E-state index is -0.0738. The highest BCUT2D eigenvalue weighted by Crippen LogP contribution is 2.51. The quantitative estimate of drug-likeness (QED) is 0.162. The second-order valence-electron chi connectivity index (χ2n) is 15.4. The number of benzene rings is 9. The van der Waals surface area contributed by atoms with Crippen LogP contribution in [0.3, 0.4) is 0 Å². The number of fused-ring (bicyclic) bond motifs is 9. The van der Waals surface area contributed by atoms with Gasteiger partial charge in [-0.2, -0.15) is 0 Å². The van der Waals surface area contributed by atoms with Crippen LogP contribution in [0, 0.1) is 0 Å². The summed E-state index contributed by atoms with van der Waals surface area (Å²) in [5.74, 6) is 0. The predicted octanol–water partition coefficient (Wildman–Crippen LogP) is 14.4. The monoisotopic (exact) mass is 687 g/mol. The molecule has 0 unspecified atom stereocenters. The molecule has 10 aromatic rings. The second-order valence-corrected chi connectivity index (χ2v) is 15.4. The van der Waals surface area contributed by atoms with Crippen LogP contribution >= 0.6 is 0 Å². The van der Waals surface area contributed by atoms with Gasteiger partial charge >= 0.3 is 0 Å². The van der Waals surface area contributed by atoms with Crippen LogP contribution in [0.2, 0.25) is 0 Å². The molecule has 0 spiro atoms. The molecule has 0 saturated carbocycles. The molecular formula is C53H37N. The van der Waals surface area contributed by atoms with Gasteiger partial charge in [-0.25, -0.2) is 0 Å². The van der Waals surface area contributed by atoms with E-state index < -0.39 is 0 Å². The zero-order valence-electron chi connectivity index (χ0n) is 30.3. The highest BCUT2D eigenvalue weighted by atomic mass is 15.0. The van der Waals surface area contributed by atoms with Crippen LogP contribution in [-0.2, 0) is 5.41 Å². The standard InChI is InChI=1S/C53H37N/c1-53(2)49-19-11-9-17-43(49)47-32-48-44-18-10-12-20-51(44)54(52(48)33-50(47)53)42-26-25-37-22-21-36-23-24-38(30-45(36)46(37)31-42)41-28-39(34-13-5-3-6-14-34)27-40(29-41)35-15-7-4-8-16-35/h3-33H,1-2H3. The summed E-state index contributed by atoms with van der Waals surface area (Å²) in [5.41, 5.74) is 16.4. The van der Waals surface area contributed by atoms with E-state index in [-0.39, 0.29) is 5.41 Å². The Balaban J connectivity index is 1.12. The van der Waals surface area contributed by atoms with Crippen molar-refractivity contribution in [3.05, 3.63) is 199 Å². The molecule has 0 fully saturated rings. The highest BCUT2D eigenvalue weighted by Gasteiger charge is 2.36. The van der Waals surface area contributed by atoms with Crippen molar-refractivity contribution in [3.63, 3.8) is 0 Å². The molecule has 0 saturated heterocycles. The van der Waals surface area contributed by atoms with Gasteiger partial charge in [0.05, 0.1) is 11.0 Å². The summed E-state index contributed by atoms with van der Waals surface area (Å²) in [6, 6.07) is 69.7. The molecule has 0 amide bonds. The molecule has 54 heavy (non-hydrogen) atoms. The lowest BCUT2D eigenvalue weighted by Crippen LogP contribution is -2.14. The Labute approximate surface area is 315 Å². The number of hydrogen-bond donors (Lipinski definition) is 0. The van der Waals surface area contributed by atoms with Crippen molar-refractivity contribution < 1.29 is 0 Å². The van der Waals surface area contributed by atoms with E-state index in [0.29, 0.717) is 0 Å². The fraction of sp³-hybridized carbons (Fsp3) is 0.0566. The Hall–Kier alpha value is -6.70. The molecule has 1 heteroatoms. The molecule has 0 bridgehead atoms. The molecule has 9 aromatic carbocycles. The van der Waals surface area contributed by atoms with E-state index in [2.05, 4.69) is 206 Å². The first-order valence-corrected chi connectivity index (χ1v) is 18.9. The summed E-state index contributed by atoms with van der Waals surface area (Å²) in [6.07, 6.45) is 0. The molecule has 0 atom stereocenters. The Morgan fingerprint density at radius 2 is 0.907 bits per heavy atom. The number of para-hydroxylation sites is 1. The Morgan fingerprint density at radius 1 is 0.333 bits per heavy atom. The fourth-order valence-electron chi connectivity index (χ4n) is 9.19. The number of rotatable bonds is 4. The van der Waals surface area contributed by atoms with E-state index >= 15 is 0 Å². The molecule has 0 radical (unpaired) electrons. The van der Waals surface area contributed by atoms with E-state index in [4.69, 9.17) is 0 Å². The third kappa shape index (κ3) is 4.65. The van der Waals surface area contributed by atoms with Crippen molar-refractivity contribution in [1.82, 2.24) is 4.57 Å². The smallest absolute Gasteiger partial charge is 0.0544 e. The van der Waals surface area contributed by atoms with Crippen molar-refractivity contribution in [2.75, 3.05) is 0 Å². The summed E-state index contributed by atoms with van der Waals surface area (Å²) in [5, 5.41) is 7.58. The fourth-order valence-corrected chi connectivity index (χ4v) is 9.19. The Bertz CT molecular complexity index is 3050. The van der Waals surface area contributed by atoms with Crippen LogP contribution in [0.25, 0.3) is 93.5 Å². The number of nitrogens with zero attached hydrogens (tertiary/aromatic N) is 1. The normalized spacial score (nSPS) is 13.1. The van der Waals surface area contributed by atoms with Gasteiger partial charge < -0.3 is 4.57 Å². The molecule has 11 rings (SSSR count). The average molecular weight is 688 g/mol. The van der Waals surface area contributed by atoms with Gasteiger partial charge in [-0.15, -0.1) is 0 Å². The summed E-state index contributed by atoms with van der Waals surface area (Å²) in [6.45, 7) is 4.74. The van der Waals surface area contributed by atoms with Crippen LogP contribution in [0.5, 0.6) is 0 Å². The van der Waals surface area contributed by atoms with Crippen molar-refractivity contribution in [1.29, 1.82) is 0 Å². The summed E-state index contributed by atoms with van der Waals surface area (Å²) >= 11 is 0. The van der Waals surface area contributed by atoms with E-state index in [9.17, 15) is 0 Å². The third-order valence-corrected chi connectivity index (χ3v) is 11.9. The van der Waals surface area contributed by atoms with Gasteiger partial charge in [-0.05, 0) is 132 Å². The lowest BCUT2D eigenvalue weighted by Gasteiger charge is -2.21. The van der Waals surface area contributed by atoms with E-state index in [0.717, 1.165) is 0 Å². The maximum Gasteiger partial charge on any atom is 0.0544 e. The lowest BCUT2D eigenvalue weighted by atomic mass is 9.82. The molecule has 1 aromatic heterocycles. The molecule has 1 aliphatic rings. The highest BCUT2D eigenvalue weighted by molar-refractivity contribution is 6.13. The average Bonchev–Trinajstić information content (AvgIpc) is 3.67. The van der Waals surface area contributed by atoms with Crippen LogP contribution in [0.15, 0.2) is 188 Å². The van der Waals surface area contributed by atoms with Crippen molar-refractivity contribution in [2.24, 2.45) is 0 Å². The van der Waals surface area contributed by atoms with Crippen molar-refractivity contribution in [3.8, 4) is 50.2 Å². The molecule has 0 N–H and O–H groups in total. The minimum absolute atomic E-state index is 0.0738. The van der Waals surface area contributed by atoms with E-state index in [1.54, 1.807) is 0 Å². The van der Waals surface area contributed by atoms with Crippen LogP contribution < -0.4 is 0 Å². The van der Waals surface area contributed by atoms with Gasteiger partial charge in [-0.1, -0.05) is 147 Å². The Kier molecular flexibility index (Phi) is 6.66. The molecular weight excluding hydrogens is 651 g/mol. The van der Waals surface area contributed by atoms with Crippen LogP contribution in [-0.4, -0.2) is 4.57 Å². The molecule has 1 nitrogen and oxygen atoms in total. The van der Waals surface area contributed by atoms with E-state index in [1.165, 1.54) is 105 Å². The number of hydrogen-bond acceptors (Lipinski definition) is 0. The van der Waals surface area contributed by atoms with Crippen LogP contribution in [0.1, 0.15) is 25.0 Å². The van der Waals surface area contributed by atoms with Gasteiger partial charge in [0.1, 0.15) is 0 Å². The number of aromatic nitrogens is 1. The van der Waals surface area contributed by atoms with E-state index in [1.807, 2.05) is 0 Å². The zero-order valence-corrected chi connectivity index (χ0v) is 30.3. The largest absolute Gasteiger partial charge is 0.309 e. The predicted molar refractivity (Wildman–Crippen MR) is 230 cm³/mol. The topological polar surface area (TPSA) is 4.93 Å².